The maximum atomic E-state index is 14.2. The Balaban J connectivity index is 0.00000504. The first-order chi connectivity index (χ1) is 24.0. The summed E-state index contributed by atoms with van der Waals surface area (Å²) in [4.78, 5) is 2.31. The predicted octanol–water partition coefficient (Wildman–Crippen LogP) is 5.34. The monoisotopic (exact) mass is 796 g/mol. The summed E-state index contributed by atoms with van der Waals surface area (Å²) in [5.74, 6) is 0.391. The lowest BCUT2D eigenvalue weighted by atomic mass is 9.68. The molecule has 0 amide bonds. The van der Waals surface area contributed by atoms with Crippen LogP contribution >= 0.6 is 12.2 Å². The second-order valence-electron chi connectivity index (χ2n) is 15.7. The Morgan fingerprint density at radius 3 is 2.14 bits per heavy atom. The van der Waals surface area contributed by atoms with Crippen LogP contribution < -0.4 is 32.5 Å². The predicted molar refractivity (Wildman–Crippen MR) is 211 cm³/mol. The fourth-order valence-electron chi connectivity index (χ4n) is 8.95. The lowest BCUT2D eigenvalue weighted by Gasteiger charge is -2.49. The van der Waals surface area contributed by atoms with Crippen LogP contribution in [0.25, 0.3) is 0 Å². The van der Waals surface area contributed by atoms with Crippen LogP contribution in [0.15, 0.2) is 71.6 Å². The second kappa shape index (κ2) is 16.7. The third-order valence-electron chi connectivity index (χ3n) is 11.9. The molecule has 3 aromatic rings. The van der Waals surface area contributed by atoms with E-state index in [4.69, 9.17) is 12.2 Å². The first kappa shape index (κ1) is 39.7. The number of nitrogens with one attached hydrogen (secondary N) is 2. The third kappa shape index (κ3) is 8.84. The molecule has 7 nitrogen and oxygen atoms in total. The third-order valence-corrected chi connectivity index (χ3v) is 14.1. The van der Waals surface area contributed by atoms with E-state index in [1.807, 2.05) is 55.4 Å². The van der Waals surface area contributed by atoms with E-state index in [0.29, 0.717) is 28.4 Å². The van der Waals surface area contributed by atoms with Crippen molar-refractivity contribution in [3.8, 4) is 0 Å². The number of halogens is 1. The highest BCUT2D eigenvalue weighted by Crippen LogP contribution is 2.50. The molecule has 2 atom stereocenters. The summed E-state index contributed by atoms with van der Waals surface area (Å²) in [5.41, 5.74) is 4.78. The molecule has 0 aliphatic carbocycles. The van der Waals surface area contributed by atoms with Crippen LogP contribution in [-0.2, 0) is 16.4 Å². The largest absolute Gasteiger partial charge is 1.00 e. The number of rotatable bonds is 12. The zero-order chi connectivity index (χ0) is 35.5. The van der Waals surface area contributed by atoms with Gasteiger partial charge < -0.3 is 42.1 Å². The topological polar surface area (TPSA) is 81.7 Å². The minimum Gasteiger partial charge on any atom is -1.00 e. The number of benzene rings is 3. The van der Waals surface area contributed by atoms with Crippen molar-refractivity contribution in [3.63, 3.8) is 0 Å². The number of sulfone groups is 1. The maximum absolute atomic E-state index is 14.2. The number of piperidine rings is 3. The number of nitrogens with zero attached hydrogens (tertiary/aromatic N) is 2. The van der Waals surface area contributed by atoms with Gasteiger partial charge in [-0.1, -0.05) is 63.8 Å². The summed E-state index contributed by atoms with van der Waals surface area (Å²) < 4.78 is 29.7. The van der Waals surface area contributed by atoms with Gasteiger partial charge in [0, 0.05) is 48.1 Å². The quantitative estimate of drug-likeness (QED) is 0.169. The van der Waals surface area contributed by atoms with Crippen molar-refractivity contribution < 1.29 is 35.0 Å². The van der Waals surface area contributed by atoms with E-state index in [-0.39, 0.29) is 22.7 Å². The van der Waals surface area contributed by atoms with Crippen LogP contribution in [0, 0.1) is 11.3 Å². The second-order valence-corrected chi connectivity index (χ2v) is 18.0. The average molecular weight is 798 g/mol. The summed E-state index contributed by atoms with van der Waals surface area (Å²) in [6, 6.07) is 22.2. The van der Waals surface area contributed by atoms with Gasteiger partial charge >= 0.3 is 0 Å². The molecular formula is C41H57BrN4O3S2. The highest BCUT2D eigenvalue weighted by atomic mass is 79.9. The number of thiocarbonyl (C=S) groups is 1. The lowest BCUT2D eigenvalue weighted by Crippen LogP contribution is -3.00. The van der Waals surface area contributed by atoms with Gasteiger partial charge in [0.15, 0.2) is 14.9 Å². The Morgan fingerprint density at radius 2 is 1.53 bits per heavy atom. The Labute approximate surface area is 322 Å². The molecule has 4 heterocycles. The Kier molecular flexibility index (Phi) is 13.0. The number of aliphatic hydroxyl groups excluding tert-OH is 1. The van der Waals surface area contributed by atoms with Crippen molar-refractivity contribution in [1.82, 2.24) is 0 Å². The van der Waals surface area contributed by atoms with Gasteiger partial charge in [-0.05, 0) is 104 Å². The summed E-state index contributed by atoms with van der Waals surface area (Å²) in [6.45, 7) is 9.29. The summed E-state index contributed by atoms with van der Waals surface area (Å²) >= 11 is 5.78. The first-order valence-corrected chi connectivity index (χ1v) is 20.9. The van der Waals surface area contributed by atoms with Gasteiger partial charge in [0.2, 0.25) is 0 Å². The van der Waals surface area contributed by atoms with Gasteiger partial charge in [0.05, 0.1) is 36.4 Å². The molecule has 3 fully saturated rings. The number of hydrogen-bond donors (Lipinski definition) is 3. The normalized spacial score (nSPS) is 24.5. The van der Waals surface area contributed by atoms with Crippen molar-refractivity contribution in [2.45, 2.75) is 95.1 Å². The smallest absolute Gasteiger partial charge is 0.179 e. The van der Waals surface area contributed by atoms with E-state index in [1.54, 1.807) is 6.07 Å². The number of anilines is 3. The van der Waals surface area contributed by atoms with Crippen molar-refractivity contribution in [1.29, 1.82) is 0 Å². The molecule has 4 aliphatic heterocycles. The number of quaternary nitrogens is 1. The molecule has 7 rings (SSSR count). The van der Waals surface area contributed by atoms with Crippen LogP contribution in [0.2, 0.25) is 0 Å². The van der Waals surface area contributed by atoms with Gasteiger partial charge in [0.25, 0.3) is 0 Å². The molecule has 0 spiro atoms. The minimum absolute atomic E-state index is 0. The summed E-state index contributed by atoms with van der Waals surface area (Å²) in [5, 5.41) is 19.8. The van der Waals surface area contributed by atoms with E-state index in [1.165, 1.54) is 48.9 Å². The van der Waals surface area contributed by atoms with E-state index < -0.39 is 27.3 Å². The highest BCUT2D eigenvalue weighted by Gasteiger charge is 2.49. The number of hydrogen-bond acceptors (Lipinski definition) is 5. The molecule has 4 aliphatic rings. The van der Waals surface area contributed by atoms with Gasteiger partial charge in [0.1, 0.15) is 6.54 Å². The van der Waals surface area contributed by atoms with Crippen molar-refractivity contribution in [2.75, 3.05) is 55.0 Å². The van der Waals surface area contributed by atoms with Crippen LogP contribution in [-0.4, -0.2) is 68.7 Å². The average Bonchev–Trinajstić information content (AvgIpc) is 3.17. The first-order valence-electron chi connectivity index (χ1n) is 18.8. The molecular weight excluding hydrogens is 741 g/mol. The molecule has 51 heavy (non-hydrogen) atoms. The molecule has 3 aromatic carbocycles. The van der Waals surface area contributed by atoms with Gasteiger partial charge in [-0.3, -0.25) is 0 Å². The van der Waals surface area contributed by atoms with Crippen molar-refractivity contribution in [2.24, 2.45) is 11.3 Å². The molecule has 2 unspecified atom stereocenters. The number of unbranched alkanes of at least 4 members (excludes halogenated alkanes) is 2. The minimum atomic E-state index is -3.67. The SMILES string of the molecule is CCCCC1(CCCC)CS(=O)(=O)c2ccc(N(C)C)cc2C(c2cccc(NC(=S)Nc3ccc(C[N+]45CCC(CC4)CC5)cc3)c2)C1O.[Br-]. The van der Waals surface area contributed by atoms with Crippen LogP contribution in [0.1, 0.15) is 94.2 Å². The zero-order valence-corrected chi connectivity index (χ0v) is 34.1. The molecule has 0 saturated carbocycles. The zero-order valence-electron chi connectivity index (χ0n) is 30.8. The molecule has 10 heteroatoms. The van der Waals surface area contributed by atoms with Gasteiger partial charge in [-0.25, -0.2) is 8.42 Å². The van der Waals surface area contributed by atoms with Crippen molar-refractivity contribution in [3.05, 3.63) is 83.4 Å². The van der Waals surface area contributed by atoms with Gasteiger partial charge in [-0.2, -0.15) is 0 Å². The lowest BCUT2D eigenvalue weighted by molar-refractivity contribution is -0.955. The summed E-state index contributed by atoms with van der Waals surface area (Å²) in [6.07, 6.45) is 8.20. The van der Waals surface area contributed by atoms with Crippen LogP contribution in [0.3, 0.4) is 0 Å². The Hall–Kier alpha value is -2.50. The number of aliphatic hydroxyl groups is 1. The molecule has 0 aromatic heterocycles. The van der Waals surface area contributed by atoms with E-state index in [2.05, 4.69) is 48.7 Å². The molecule has 0 radical (unpaired) electrons. The van der Waals surface area contributed by atoms with Gasteiger partial charge in [-0.15, -0.1) is 0 Å². The standard InChI is InChI=1S/C41H56N4O3S2.BrH/c1-5-7-21-41(22-8-6-2)29-50(47,48)37-17-16-35(44(3)4)27-36(37)38(39(41)46)32-10-9-11-34(26-32)43-40(49)42-33-14-12-31(13-15-33)28-45-23-18-30(19-24-45)20-25-45;/h9-17,26-27,30,38-39,46H,5-8,18-25,28-29H2,1-4H3,(H-,42,43,49);1H. The van der Waals surface area contributed by atoms with E-state index in [0.717, 1.165) is 60.8 Å². The van der Waals surface area contributed by atoms with Crippen LogP contribution in [0.4, 0.5) is 17.1 Å². The van der Waals surface area contributed by atoms with Crippen molar-refractivity contribution >= 4 is 44.2 Å². The maximum Gasteiger partial charge on any atom is 0.179 e. The van der Waals surface area contributed by atoms with E-state index in [9.17, 15) is 13.5 Å². The fourth-order valence-corrected chi connectivity index (χ4v) is 11.4. The Morgan fingerprint density at radius 1 is 0.902 bits per heavy atom. The van der Waals surface area contributed by atoms with E-state index >= 15 is 0 Å². The molecule has 278 valence electrons. The van der Waals surface area contributed by atoms with Crippen LogP contribution in [0.5, 0.6) is 0 Å². The Bertz CT molecular complexity index is 1730. The molecule has 3 N–H and O–H groups in total. The molecule has 2 bridgehead atoms. The fraction of sp³-hybridized carbons (Fsp3) is 0.537. The highest BCUT2D eigenvalue weighted by molar-refractivity contribution is 7.91. The summed E-state index contributed by atoms with van der Waals surface area (Å²) in [7, 11) is 0.242. The number of fused-ring (bicyclic) bond motifs is 4. The molecule has 3 saturated heterocycles.